The predicted molar refractivity (Wildman–Crippen MR) is 432 cm³/mol. The summed E-state index contributed by atoms with van der Waals surface area (Å²) in [5.74, 6) is 0.894. The zero-order valence-corrected chi connectivity index (χ0v) is 66.4. The van der Waals surface area contributed by atoms with Crippen molar-refractivity contribution in [2.75, 3.05) is 183 Å². The molecular formula is C83H122Cl3N15O7. The summed E-state index contributed by atoms with van der Waals surface area (Å²) in [6.45, 7) is 33.2. The first-order valence-electron chi connectivity index (χ1n) is 39.3. The van der Waals surface area contributed by atoms with Crippen LogP contribution in [0.5, 0.6) is 0 Å². The van der Waals surface area contributed by atoms with Crippen molar-refractivity contribution in [2.24, 2.45) is 0 Å². The minimum atomic E-state index is -0.308. The topological polar surface area (TPSA) is 228 Å². The number of nitrogens with zero attached hydrogens (tertiary/aromatic N) is 12. The normalized spacial score (nSPS) is 25.5. The molecule has 7 N–H and O–H groups in total. The molecule has 14 rings (SSSR count). The zero-order chi connectivity index (χ0) is 76.6. The van der Waals surface area contributed by atoms with Gasteiger partial charge in [0.05, 0.1) is 53.0 Å². The fourth-order valence-electron chi connectivity index (χ4n) is 16.0. The van der Waals surface area contributed by atoms with Crippen molar-refractivity contribution >= 4 is 52.5 Å². The summed E-state index contributed by atoms with van der Waals surface area (Å²) in [4.78, 5) is 61.1. The molecule has 5 aromatic rings. The Morgan fingerprint density at radius 3 is 1.30 bits per heavy atom. The van der Waals surface area contributed by atoms with Gasteiger partial charge in [0, 0.05) is 254 Å². The van der Waals surface area contributed by atoms with E-state index >= 15 is 0 Å². The van der Waals surface area contributed by atoms with Crippen LogP contribution in [0.4, 0.5) is 0 Å². The minimum Gasteiger partial charge on any atom is -0.392 e. The molecule has 0 spiro atoms. The van der Waals surface area contributed by atoms with Crippen LogP contribution in [0.15, 0.2) is 140 Å². The summed E-state index contributed by atoms with van der Waals surface area (Å²) in [5, 5.41) is 57.0. The highest BCUT2D eigenvalue weighted by atomic mass is 35.5. The number of likely N-dealkylation sites (tertiary alicyclic amines) is 4. The molecule has 9 atom stereocenters. The van der Waals surface area contributed by atoms with E-state index in [2.05, 4.69) is 176 Å². The Labute approximate surface area is 658 Å². The van der Waals surface area contributed by atoms with E-state index < -0.39 is 0 Å². The van der Waals surface area contributed by atoms with E-state index in [1.165, 1.54) is 29.2 Å². The Bertz CT molecular complexity index is 3450. The number of alkyl halides is 1. The number of rotatable bonds is 19. The molecule has 22 nitrogen and oxygen atoms in total. The van der Waals surface area contributed by atoms with Crippen molar-refractivity contribution in [3.05, 3.63) is 177 Å². The van der Waals surface area contributed by atoms with Crippen LogP contribution in [0.3, 0.4) is 0 Å². The average molecular weight is 1550 g/mol. The Morgan fingerprint density at radius 1 is 0.435 bits per heavy atom. The largest absolute Gasteiger partial charge is 0.392 e. The molecule has 9 heterocycles. The number of amides is 3. The smallest absolute Gasteiger partial charge is 0.227 e. The van der Waals surface area contributed by atoms with E-state index in [1.54, 1.807) is 36.9 Å². The Balaban J connectivity index is 0.000000158. The Kier molecular flexibility index (Phi) is 37.0. The number of benzene rings is 5. The van der Waals surface area contributed by atoms with Gasteiger partial charge in [0.25, 0.3) is 0 Å². The van der Waals surface area contributed by atoms with Gasteiger partial charge in [-0.05, 0) is 65.6 Å². The molecule has 0 aromatic heterocycles. The number of hydrogen-bond donors (Lipinski definition) is 7. The predicted octanol–water partition coefficient (Wildman–Crippen LogP) is 5.73. The lowest BCUT2D eigenvalue weighted by molar-refractivity contribution is -0.142. The van der Waals surface area contributed by atoms with Gasteiger partial charge in [-0.2, -0.15) is 5.26 Å². The number of piperazine rings is 5. The van der Waals surface area contributed by atoms with Crippen LogP contribution in [-0.2, 0) is 47.0 Å². The Morgan fingerprint density at radius 2 is 0.861 bits per heavy atom. The Hall–Kier alpha value is -5.73. The minimum absolute atomic E-state index is 0.0151. The van der Waals surface area contributed by atoms with Gasteiger partial charge in [-0.25, -0.2) is 0 Å². The lowest BCUT2D eigenvalue weighted by Gasteiger charge is -2.43. The number of hydrogen-bond acceptors (Lipinski definition) is 19. The van der Waals surface area contributed by atoms with Crippen LogP contribution in [0.2, 0.25) is 10.0 Å². The lowest BCUT2D eigenvalue weighted by Crippen LogP contribution is -2.59. The number of aliphatic hydroxyl groups excluding tert-OH is 4. The number of nitrogens with one attached hydrogen (secondary N) is 3. The third kappa shape index (κ3) is 29.7. The maximum absolute atomic E-state index is 13.0. The van der Waals surface area contributed by atoms with Gasteiger partial charge >= 0.3 is 0 Å². The number of halogens is 3. The molecule has 0 bridgehead atoms. The quantitative estimate of drug-likeness (QED) is 0.0490. The van der Waals surface area contributed by atoms with Crippen LogP contribution >= 0.6 is 34.8 Å². The molecule has 9 aliphatic rings. The van der Waals surface area contributed by atoms with Crippen molar-refractivity contribution in [3.8, 4) is 6.07 Å². The second kappa shape index (κ2) is 46.3. The number of nitriles is 1. The average Bonchev–Trinajstić information content (AvgIpc) is 1.07. The number of β-amino-alcohol motifs (C(OH)–C–C–N with tert-alkyl or cyclic N) is 4. The van der Waals surface area contributed by atoms with Gasteiger partial charge in [0.1, 0.15) is 0 Å². The second-order valence-electron chi connectivity index (χ2n) is 30.4. The molecule has 5 aromatic carbocycles. The SMILES string of the molecule is CC#N.CC(=O)N1CCN(C(=O)Cc2ccc(Cl)c(Cl)c2)C(CN2CC[C@H](O)C2)C1.CC(=O)N1CCNC(CN2CC[C@H](O)C2)C1.ClCC1CN(Cc2ccccc2)CCN1Cc1ccccc1.O[C@H]1CCN(CC2CN(Cc3ccccc3)CCN2Cc2ccccc2)C1.O[C@H]1CCN(CC2CNCCN2)C1. The summed E-state index contributed by atoms with van der Waals surface area (Å²) in [5.41, 5.74) is 6.35. The van der Waals surface area contributed by atoms with Crippen LogP contribution in [-0.4, -0.2) is 329 Å². The van der Waals surface area contributed by atoms with Gasteiger partial charge in [-0.1, -0.05) is 151 Å². The third-order valence-corrected chi connectivity index (χ3v) is 22.9. The standard InChI is InChI=1S/C23H31N3O.C19H25Cl2N3O3.C19H23ClN2.C11H21N3O2.C9H19N3O.C2H3N/c27-23-11-12-24(19-23)17-22-18-25(15-20-7-3-1-4-8-20)13-14-26(22)16-21-9-5-2-6-10-21;1-13(25)23-6-7-24(15(11-23)10-22-5-4-16(26)12-22)19(27)9-14-2-3-17(20)18(21)8-14;20-13-19-16-21(14-17-7-3-1-4-8-17)11-12-22(19)15-18-9-5-2-6-10-18;1-9(15)14-5-3-12-10(7-14)6-13-4-2-11(16)8-13;13-9-1-4-12(7-9)6-8-5-10-2-3-11-8;1-2-3/h1-10,22-23,27H,11-19H2;2-3,8,15-16,26H,4-7,9-12H2,1H3;1-10,19H,11-16H2;10-12,16H,2-8H2,1H3;8-11,13H,1-7H2;1H3/t22?,23-;15?,16-;;10?,11-;8?,9-;/m00.00./s1. The lowest BCUT2D eigenvalue weighted by atomic mass is 10.1. The van der Waals surface area contributed by atoms with E-state index in [9.17, 15) is 34.8 Å². The monoisotopic (exact) mass is 1550 g/mol. The van der Waals surface area contributed by atoms with Crippen molar-refractivity contribution in [3.63, 3.8) is 0 Å². The molecule has 0 radical (unpaired) electrons. The molecule has 592 valence electrons. The summed E-state index contributed by atoms with van der Waals surface area (Å²) in [7, 11) is 0. The van der Waals surface area contributed by atoms with Crippen LogP contribution in [0.1, 0.15) is 74.3 Å². The van der Waals surface area contributed by atoms with E-state index in [0.717, 1.165) is 201 Å². The molecular weight excluding hydrogens is 1430 g/mol. The fourth-order valence-corrected chi connectivity index (χ4v) is 16.6. The number of carbonyl (C=O) groups is 3. The van der Waals surface area contributed by atoms with Crippen molar-refractivity contribution in [1.82, 2.24) is 69.8 Å². The first-order valence-corrected chi connectivity index (χ1v) is 40.6. The molecule has 0 saturated carbocycles. The highest BCUT2D eigenvalue weighted by Crippen LogP contribution is 2.26. The van der Waals surface area contributed by atoms with Gasteiger partial charge in [0.2, 0.25) is 17.7 Å². The zero-order valence-electron chi connectivity index (χ0n) is 64.2. The summed E-state index contributed by atoms with van der Waals surface area (Å²) in [6, 6.07) is 51.7. The number of aliphatic hydroxyl groups is 4. The third-order valence-electron chi connectivity index (χ3n) is 21.8. The van der Waals surface area contributed by atoms with E-state index in [1.807, 2.05) is 15.9 Å². The first-order chi connectivity index (χ1) is 52.3. The molecule has 3 amide bonds. The summed E-state index contributed by atoms with van der Waals surface area (Å²) < 4.78 is 0. The van der Waals surface area contributed by atoms with Gasteiger partial charge in [0.15, 0.2) is 0 Å². The summed E-state index contributed by atoms with van der Waals surface area (Å²) in [6.07, 6.45) is 3.04. The van der Waals surface area contributed by atoms with Crippen molar-refractivity contribution in [1.29, 1.82) is 5.26 Å². The highest BCUT2D eigenvalue weighted by molar-refractivity contribution is 6.42. The van der Waals surface area contributed by atoms with Gasteiger partial charge in [-0.15, -0.1) is 11.6 Å². The van der Waals surface area contributed by atoms with Crippen LogP contribution in [0.25, 0.3) is 0 Å². The first kappa shape index (κ1) is 86.3. The summed E-state index contributed by atoms with van der Waals surface area (Å²) >= 11 is 18.3. The maximum atomic E-state index is 13.0. The van der Waals surface area contributed by atoms with Crippen molar-refractivity contribution in [2.45, 2.75) is 134 Å². The molecule has 9 aliphatic heterocycles. The molecule has 5 unspecified atom stereocenters. The molecule has 9 fully saturated rings. The number of carbonyl (C=O) groups excluding carboxylic acids is 3. The molecule has 25 heteroatoms. The van der Waals surface area contributed by atoms with Crippen LogP contribution < -0.4 is 16.0 Å². The van der Waals surface area contributed by atoms with Gasteiger partial charge < -0.3 is 51.1 Å². The van der Waals surface area contributed by atoms with E-state index in [-0.39, 0.29) is 54.6 Å². The molecule has 9 saturated heterocycles. The molecule has 0 aliphatic carbocycles. The maximum Gasteiger partial charge on any atom is 0.227 e. The van der Waals surface area contributed by atoms with Crippen molar-refractivity contribution < 1.29 is 34.8 Å². The van der Waals surface area contributed by atoms with E-state index in [4.69, 9.17) is 40.1 Å². The van der Waals surface area contributed by atoms with Crippen LogP contribution in [0, 0.1) is 11.3 Å². The fraction of sp³-hybridized carbons (Fsp3) is 0.590. The second-order valence-corrected chi connectivity index (χ2v) is 31.6. The molecule has 108 heavy (non-hydrogen) atoms. The van der Waals surface area contributed by atoms with Gasteiger partial charge in [-0.3, -0.25) is 53.6 Å². The highest BCUT2D eigenvalue weighted by Gasteiger charge is 2.36. The van der Waals surface area contributed by atoms with E-state index in [0.29, 0.717) is 72.8 Å².